The van der Waals surface area contributed by atoms with Crippen LogP contribution >= 0.6 is 0 Å². The molecule has 0 unspecified atom stereocenters. The van der Waals surface area contributed by atoms with Crippen molar-refractivity contribution in [3.05, 3.63) is 42.5 Å². The molecule has 0 spiro atoms. The lowest BCUT2D eigenvalue weighted by Gasteiger charge is -2.05. The fraction of sp³-hybridized carbons (Fsp3) is 0.0769. The number of amides is 1. The molecule has 2 rings (SSSR count). The van der Waals surface area contributed by atoms with Gasteiger partial charge < -0.3 is 10.2 Å². The molecule has 4 nitrogen and oxygen atoms in total. The van der Waals surface area contributed by atoms with Crippen LogP contribution in [0.1, 0.15) is 0 Å². The van der Waals surface area contributed by atoms with Crippen molar-refractivity contribution < 1.29 is 9.63 Å². The molecule has 0 saturated carbocycles. The van der Waals surface area contributed by atoms with Gasteiger partial charge in [-0.3, -0.25) is 4.79 Å². The molecule has 0 aromatic heterocycles. The minimum Gasteiger partial charge on any atom is -0.386 e. The molecule has 17 heavy (non-hydrogen) atoms. The van der Waals surface area contributed by atoms with Gasteiger partial charge in [0.15, 0.2) is 6.61 Å². The molecule has 1 amide bonds. The van der Waals surface area contributed by atoms with E-state index >= 15 is 0 Å². The number of anilines is 1. The summed E-state index contributed by atoms with van der Waals surface area (Å²) in [5, 5.41) is 8.08. The predicted molar refractivity (Wildman–Crippen MR) is 68.1 cm³/mol. The summed E-state index contributed by atoms with van der Waals surface area (Å²) in [4.78, 5) is 15.9. The SMILES string of the molecule is C=NOCC(=O)Nc1ccc2ccccc2c1. The monoisotopic (exact) mass is 228 g/mol. The van der Waals surface area contributed by atoms with Crippen molar-refractivity contribution in [1.29, 1.82) is 0 Å². The summed E-state index contributed by atoms with van der Waals surface area (Å²) in [6.07, 6.45) is 0. The predicted octanol–water partition coefficient (Wildman–Crippen LogP) is 2.41. The highest BCUT2D eigenvalue weighted by Gasteiger charge is 2.02. The minimum atomic E-state index is -0.257. The van der Waals surface area contributed by atoms with Gasteiger partial charge in [0.05, 0.1) is 0 Å². The molecule has 0 bridgehead atoms. The third kappa shape index (κ3) is 2.81. The summed E-state index contributed by atoms with van der Waals surface area (Å²) in [6, 6.07) is 13.7. The normalized spacial score (nSPS) is 9.88. The van der Waals surface area contributed by atoms with Gasteiger partial charge in [-0.15, -0.1) is 5.16 Å². The quantitative estimate of drug-likeness (QED) is 0.645. The average Bonchev–Trinajstić information content (AvgIpc) is 2.36. The molecule has 4 heteroatoms. The maximum atomic E-state index is 11.4. The molecule has 2 aromatic rings. The number of carbonyl (C=O) groups is 1. The molecular weight excluding hydrogens is 216 g/mol. The molecular formula is C13H12N2O2. The van der Waals surface area contributed by atoms with Crippen LogP contribution in [-0.4, -0.2) is 19.2 Å². The first kappa shape index (κ1) is 11.1. The van der Waals surface area contributed by atoms with Crippen LogP contribution in [0.25, 0.3) is 10.8 Å². The van der Waals surface area contributed by atoms with Crippen molar-refractivity contribution in [2.75, 3.05) is 11.9 Å². The van der Waals surface area contributed by atoms with Crippen LogP contribution in [0.15, 0.2) is 47.6 Å². The number of carbonyl (C=O) groups excluding carboxylic acids is 1. The molecule has 1 N–H and O–H groups in total. The first-order chi connectivity index (χ1) is 8.29. The van der Waals surface area contributed by atoms with Gasteiger partial charge in [-0.1, -0.05) is 30.3 Å². The largest absolute Gasteiger partial charge is 0.386 e. The first-order valence-electron chi connectivity index (χ1n) is 5.16. The zero-order valence-corrected chi connectivity index (χ0v) is 9.22. The number of benzene rings is 2. The molecule has 0 atom stereocenters. The topological polar surface area (TPSA) is 50.7 Å². The molecule has 0 heterocycles. The van der Waals surface area contributed by atoms with Crippen molar-refractivity contribution in [2.45, 2.75) is 0 Å². The van der Waals surface area contributed by atoms with Gasteiger partial charge >= 0.3 is 0 Å². The fourth-order valence-electron chi connectivity index (χ4n) is 1.57. The van der Waals surface area contributed by atoms with E-state index in [0.717, 1.165) is 16.5 Å². The molecule has 0 aliphatic heterocycles. The lowest BCUT2D eigenvalue weighted by atomic mass is 10.1. The van der Waals surface area contributed by atoms with Crippen LogP contribution in [0, 0.1) is 0 Å². The van der Waals surface area contributed by atoms with E-state index in [2.05, 4.69) is 22.0 Å². The second kappa shape index (κ2) is 5.12. The third-order valence-corrected chi connectivity index (χ3v) is 2.32. The number of fused-ring (bicyclic) bond motifs is 1. The van der Waals surface area contributed by atoms with Crippen LogP contribution in [0.4, 0.5) is 5.69 Å². The smallest absolute Gasteiger partial charge is 0.265 e. The molecule has 0 aliphatic rings. The number of hydrogen-bond donors (Lipinski definition) is 1. The maximum Gasteiger partial charge on any atom is 0.265 e. The Hall–Kier alpha value is -2.36. The summed E-state index contributed by atoms with van der Waals surface area (Å²) in [5.74, 6) is -0.257. The second-order valence-electron chi connectivity index (χ2n) is 3.51. The average molecular weight is 228 g/mol. The zero-order valence-electron chi connectivity index (χ0n) is 9.22. The van der Waals surface area contributed by atoms with Crippen LogP contribution < -0.4 is 5.32 Å². The lowest BCUT2D eigenvalue weighted by Crippen LogP contribution is -2.16. The number of hydrogen-bond acceptors (Lipinski definition) is 3. The highest BCUT2D eigenvalue weighted by Crippen LogP contribution is 2.18. The lowest BCUT2D eigenvalue weighted by molar-refractivity contribution is -0.120. The van der Waals surface area contributed by atoms with E-state index in [1.165, 1.54) is 0 Å². The minimum absolute atomic E-state index is 0.129. The van der Waals surface area contributed by atoms with Crippen molar-refractivity contribution in [1.82, 2.24) is 0 Å². The van der Waals surface area contributed by atoms with Gasteiger partial charge in [0.1, 0.15) is 0 Å². The van der Waals surface area contributed by atoms with Gasteiger partial charge in [0.25, 0.3) is 5.91 Å². The van der Waals surface area contributed by atoms with E-state index in [0.29, 0.717) is 0 Å². The summed E-state index contributed by atoms with van der Waals surface area (Å²) in [7, 11) is 0. The van der Waals surface area contributed by atoms with E-state index in [9.17, 15) is 4.79 Å². The molecule has 0 saturated heterocycles. The number of oxime groups is 1. The van der Waals surface area contributed by atoms with Gasteiger partial charge in [-0.05, 0) is 22.9 Å². The molecule has 86 valence electrons. The van der Waals surface area contributed by atoms with Crippen LogP contribution in [-0.2, 0) is 9.63 Å². The van der Waals surface area contributed by atoms with Crippen molar-refractivity contribution in [3.63, 3.8) is 0 Å². The molecule has 2 aromatic carbocycles. The molecule has 0 aliphatic carbocycles. The van der Waals surface area contributed by atoms with E-state index in [-0.39, 0.29) is 12.5 Å². The Morgan fingerprint density at radius 2 is 2.00 bits per heavy atom. The highest BCUT2D eigenvalue weighted by molar-refractivity contribution is 5.95. The third-order valence-electron chi connectivity index (χ3n) is 2.32. The van der Waals surface area contributed by atoms with Gasteiger partial charge in [-0.2, -0.15) is 0 Å². The first-order valence-corrected chi connectivity index (χ1v) is 5.16. The van der Waals surface area contributed by atoms with Gasteiger partial charge in [0.2, 0.25) is 0 Å². The second-order valence-corrected chi connectivity index (χ2v) is 3.51. The zero-order chi connectivity index (χ0) is 12.1. The summed E-state index contributed by atoms with van der Waals surface area (Å²) in [6.45, 7) is 3.00. The fourth-order valence-corrected chi connectivity index (χ4v) is 1.57. The standard InChI is InChI=1S/C13H12N2O2/c1-14-17-9-13(16)15-12-7-6-10-4-2-3-5-11(10)8-12/h2-8H,1,9H2,(H,15,16). The Morgan fingerprint density at radius 3 is 2.76 bits per heavy atom. The van der Waals surface area contributed by atoms with E-state index in [4.69, 9.17) is 0 Å². The van der Waals surface area contributed by atoms with Gasteiger partial charge in [-0.25, -0.2) is 0 Å². The van der Waals surface area contributed by atoms with Crippen molar-refractivity contribution >= 4 is 29.1 Å². The molecule has 0 fully saturated rings. The van der Waals surface area contributed by atoms with Crippen molar-refractivity contribution in [2.24, 2.45) is 5.16 Å². The van der Waals surface area contributed by atoms with Crippen LogP contribution in [0.2, 0.25) is 0 Å². The summed E-state index contributed by atoms with van der Waals surface area (Å²) < 4.78 is 0. The highest BCUT2D eigenvalue weighted by atomic mass is 16.6. The Balaban J connectivity index is 2.13. The number of nitrogens with zero attached hydrogens (tertiary/aromatic N) is 1. The van der Waals surface area contributed by atoms with Crippen molar-refractivity contribution in [3.8, 4) is 0 Å². The Labute approximate surface area is 98.9 Å². The molecule has 0 radical (unpaired) electrons. The summed E-state index contributed by atoms with van der Waals surface area (Å²) in [5.41, 5.74) is 0.737. The number of rotatable bonds is 4. The number of nitrogens with one attached hydrogen (secondary N) is 1. The Bertz CT molecular complexity index is 552. The van der Waals surface area contributed by atoms with E-state index in [1.54, 1.807) is 0 Å². The van der Waals surface area contributed by atoms with Crippen LogP contribution in [0.3, 0.4) is 0 Å². The maximum absolute atomic E-state index is 11.4. The van der Waals surface area contributed by atoms with E-state index < -0.39 is 0 Å². The van der Waals surface area contributed by atoms with Crippen LogP contribution in [0.5, 0.6) is 0 Å². The summed E-state index contributed by atoms with van der Waals surface area (Å²) >= 11 is 0. The Kier molecular flexibility index (Phi) is 3.35. The van der Waals surface area contributed by atoms with E-state index in [1.807, 2.05) is 42.5 Å². The van der Waals surface area contributed by atoms with Gasteiger partial charge in [0, 0.05) is 12.4 Å². The Morgan fingerprint density at radius 1 is 1.24 bits per heavy atom.